The Morgan fingerprint density at radius 3 is 2.67 bits per heavy atom. The number of ether oxygens (including phenoxy) is 1. The predicted molar refractivity (Wildman–Crippen MR) is 60.7 cm³/mol. The van der Waals surface area contributed by atoms with Crippen molar-refractivity contribution in [1.82, 2.24) is 14.6 Å². The summed E-state index contributed by atoms with van der Waals surface area (Å²) in [5.41, 5.74) is 0.312. The zero-order valence-corrected chi connectivity index (χ0v) is 11.2. The topological polar surface area (TPSA) is 73.7 Å². The zero-order chi connectivity index (χ0) is 15.8. The molecule has 0 saturated carbocycles. The van der Waals surface area contributed by atoms with Crippen LogP contribution in [0.5, 0.6) is 0 Å². The molecular formula is C11H12F3N3O4. The third kappa shape index (κ3) is 2.99. The highest BCUT2D eigenvalue weighted by Crippen LogP contribution is 2.24. The van der Waals surface area contributed by atoms with E-state index in [0.717, 1.165) is 5.06 Å². The Kier molecular flexibility index (Phi) is 3.90. The van der Waals surface area contributed by atoms with Crippen molar-refractivity contribution >= 4 is 11.9 Å². The van der Waals surface area contributed by atoms with Gasteiger partial charge in [0, 0.05) is 6.54 Å². The van der Waals surface area contributed by atoms with Gasteiger partial charge in [-0.3, -0.25) is 0 Å². The van der Waals surface area contributed by atoms with Crippen LogP contribution in [0.4, 0.5) is 13.2 Å². The van der Waals surface area contributed by atoms with Crippen molar-refractivity contribution in [2.24, 2.45) is 0 Å². The Hall–Kier alpha value is -2.10. The van der Waals surface area contributed by atoms with Gasteiger partial charge in [-0.15, -0.1) is 5.06 Å². The van der Waals surface area contributed by atoms with Gasteiger partial charge < -0.3 is 14.1 Å². The number of methoxy groups -OCH3 is 1. The number of aromatic nitrogens is 2. The van der Waals surface area contributed by atoms with Crippen LogP contribution in [0.3, 0.4) is 0 Å². The molecule has 0 spiro atoms. The monoisotopic (exact) mass is 307 g/mol. The van der Waals surface area contributed by atoms with Crippen molar-refractivity contribution in [2.45, 2.75) is 32.2 Å². The van der Waals surface area contributed by atoms with Crippen LogP contribution in [0.2, 0.25) is 0 Å². The van der Waals surface area contributed by atoms with E-state index in [1.54, 1.807) is 11.5 Å². The molecule has 1 aromatic heterocycles. The van der Waals surface area contributed by atoms with Gasteiger partial charge in [-0.1, -0.05) is 0 Å². The first-order valence-electron chi connectivity index (χ1n) is 5.92. The molecule has 0 fully saturated rings. The maximum atomic E-state index is 12.2. The summed E-state index contributed by atoms with van der Waals surface area (Å²) in [6.07, 6.45) is -3.69. The molecule has 21 heavy (non-hydrogen) atoms. The molecule has 0 amide bonds. The van der Waals surface area contributed by atoms with Crippen LogP contribution >= 0.6 is 0 Å². The summed E-state index contributed by atoms with van der Waals surface area (Å²) >= 11 is 0. The maximum absolute atomic E-state index is 12.2. The second kappa shape index (κ2) is 5.35. The second-order valence-electron chi connectivity index (χ2n) is 4.48. The average Bonchev–Trinajstić information content (AvgIpc) is 2.79. The van der Waals surface area contributed by atoms with Gasteiger partial charge in [-0.2, -0.15) is 13.2 Å². The molecule has 2 rings (SSSR count). The van der Waals surface area contributed by atoms with Crippen molar-refractivity contribution in [1.29, 1.82) is 0 Å². The summed E-state index contributed by atoms with van der Waals surface area (Å²) in [5.74, 6) is -3.01. The fraction of sp³-hybridized carbons (Fsp3) is 0.545. The Balaban J connectivity index is 2.20. The average molecular weight is 307 g/mol. The first kappa shape index (κ1) is 15.3. The predicted octanol–water partition coefficient (Wildman–Crippen LogP) is 0.894. The maximum Gasteiger partial charge on any atom is 0.492 e. The van der Waals surface area contributed by atoms with Crippen LogP contribution in [-0.4, -0.2) is 45.9 Å². The normalized spacial score (nSPS) is 19.0. The summed E-state index contributed by atoms with van der Waals surface area (Å²) in [6.45, 7) is 1.63. The molecule has 0 N–H and O–H groups in total. The van der Waals surface area contributed by atoms with E-state index in [4.69, 9.17) is 0 Å². The quantitative estimate of drug-likeness (QED) is 0.756. The summed E-state index contributed by atoms with van der Waals surface area (Å²) < 4.78 is 42.9. The van der Waals surface area contributed by atoms with Crippen LogP contribution in [0.25, 0.3) is 0 Å². The van der Waals surface area contributed by atoms with Crippen molar-refractivity contribution in [3.8, 4) is 0 Å². The molecule has 0 bridgehead atoms. The smallest absolute Gasteiger partial charge is 0.464 e. The molecule has 0 unspecified atom stereocenters. The molecule has 2 heterocycles. The lowest BCUT2D eigenvalue weighted by Gasteiger charge is -2.32. The highest BCUT2D eigenvalue weighted by Gasteiger charge is 2.44. The lowest BCUT2D eigenvalue weighted by Crippen LogP contribution is -2.44. The summed E-state index contributed by atoms with van der Waals surface area (Å²) in [4.78, 5) is 30.6. The molecule has 1 aromatic rings. The molecular weight excluding hydrogens is 295 g/mol. The molecule has 1 aliphatic rings. The number of alkyl halides is 3. The van der Waals surface area contributed by atoms with Crippen LogP contribution in [0.1, 0.15) is 23.1 Å². The number of carbonyl (C=O) groups is 2. The second-order valence-corrected chi connectivity index (χ2v) is 4.48. The van der Waals surface area contributed by atoms with Gasteiger partial charge in [0.1, 0.15) is 0 Å². The van der Waals surface area contributed by atoms with Gasteiger partial charge in [0.05, 0.1) is 31.7 Å². The van der Waals surface area contributed by atoms with E-state index < -0.39 is 24.2 Å². The molecule has 10 heteroatoms. The van der Waals surface area contributed by atoms with E-state index in [-0.39, 0.29) is 18.8 Å². The Morgan fingerprint density at radius 1 is 1.43 bits per heavy atom. The first-order chi connectivity index (χ1) is 9.74. The molecule has 1 atom stereocenters. The standard InChI is InChI=1S/C11H12F3N3O4/c1-6-3-16-5-15-8(9(18)20-2)7(16)4-17(6)21-10(19)11(12,13)14/h5-6H,3-4H2,1-2H3/t6-/m0/s1. The van der Waals surface area contributed by atoms with Gasteiger partial charge in [0.25, 0.3) is 0 Å². The van der Waals surface area contributed by atoms with Crippen LogP contribution in [0, 0.1) is 0 Å². The third-order valence-corrected chi connectivity index (χ3v) is 3.01. The number of fused-ring (bicyclic) bond motifs is 1. The summed E-state index contributed by atoms with van der Waals surface area (Å²) in [6, 6.07) is -0.497. The fourth-order valence-corrected chi connectivity index (χ4v) is 1.96. The van der Waals surface area contributed by atoms with Gasteiger partial charge in [0.15, 0.2) is 5.69 Å². The molecule has 0 radical (unpaired) electrons. The Labute approximate surface area is 117 Å². The van der Waals surface area contributed by atoms with Crippen LogP contribution in [-0.2, 0) is 27.5 Å². The van der Waals surface area contributed by atoms with Crippen LogP contribution < -0.4 is 0 Å². The number of hydrogen-bond acceptors (Lipinski definition) is 6. The molecule has 7 nitrogen and oxygen atoms in total. The number of nitrogens with zero attached hydrogens (tertiary/aromatic N) is 3. The number of hydrogen-bond donors (Lipinski definition) is 0. The molecule has 0 aromatic carbocycles. The zero-order valence-electron chi connectivity index (χ0n) is 11.2. The first-order valence-corrected chi connectivity index (χ1v) is 5.92. The molecule has 116 valence electrons. The van der Waals surface area contributed by atoms with Crippen molar-refractivity contribution in [3.63, 3.8) is 0 Å². The molecule has 0 aliphatic carbocycles. The molecule has 0 saturated heterocycles. The lowest BCUT2D eigenvalue weighted by atomic mass is 10.2. The lowest BCUT2D eigenvalue weighted by molar-refractivity contribution is -0.251. The number of hydroxylamine groups is 2. The fourth-order valence-electron chi connectivity index (χ4n) is 1.96. The van der Waals surface area contributed by atoms with E-state index in [1.807, 2.05) is 0 Å². The van der Waals surface area contributed by atoms with Crippen molar-refractivity contribution < 1.29 is 32.3 Å². The number of rotatable bonds is 2. The van der Waals surface area contributed by atoms with Gasteiger partial charge >= 0.3 is 18.1 Å². The van der Waals surface area contributed by atoms with Gasteiger partial charge in [0.2, 0.25) is 0 Å². The number of imidazole rings is 1. The minimum atomic E-state index is -5.08. The van der Waals surface area contributed by atoms with Crippen molar-refractivity contribution in [2.75, 3.05) is 7.11 Å². The van der Waals surface area contributed by atoms with E-state index >= 15 is 0 Å². The van der Waals surface area contributed by atoms with E-state index in [2.05, 4.69) is 14.6 Å². The van der Waals surface area contributed by atoms with Gasteiger partial charge in [-0.05, 0) is 6.92 Å². The van der Waals surface area contributed by atoms with E-state index in [0.29, 0.717) is 5.69 Å². The third-order valence-electron chi connectivity index (χ3n) is 3.01. The van der Waals surface area contributed by atoms with E-state index in [1.165, 1.54) is 13.4 Å². The summed E-state index contributed by atoms with van der Waals surface area (Å²) in [7, 11) is 1.17. The minimum absolute atomic E-state index is 0.0162. The number of esters is 1. The van der Waals surface area contributed by atoms with Crippen molar-refractivity contribution in [3.05, 3.63) is 17.7 Å². The van der Waals surface area contributed by atoms with Crippen LogP contribution in [0.15, 0.2) is 6.33 Å². The Morgan fingerprint density at radius 2 is 2.10 bits per heavy atom. The SMILES string of the molecule is COC(=O)c1ncn2c1CN(OC(=O)C(F)(F)F)[C@@H](C)C2. The van der Waals surface area contributed by atoms with E-state index in [9.17, 15) is 22.8 Å². The van der Waals surface area contributed by atoms with Gasteiger partial charge in [-0.25, -0.2) is 14.6 Å². The largest absolute Gasteiger partial charge is 0.492 e. The summed E-state index contributed by atoms with van der Waals surface area (Å²) in [5, 5.41) is 0.874. The molecule has 1 aliphatic heterocycles. The highest BCUT2D eigenvalue weighted by atomic mass is 19.4. The number of carbonyl (C=O) groups excluding carboxylic acids is 2. The highest BCUT2D eigenvalue weighted by molar-refractivity contribution is 5.88. The minimum Gasteiger partial charge on any atom is -0.464 e. The number of halogens is 3. The Bertz CT molecular complexity index is 570.